The van der Waals surface area contributed by atoms with Gasteiger partial charge in [-0.1, -0.05) is 42.5 Å². The van der Waals surface area contributed by atoms with Crippen LogP contribution in [0.3, 0.4) is 0 Å². The molecule has 0 radical (unpaired) electrons. The molecule has 0 spiro atoms. The molecule has 7 nitrogen and oxygen atoms in total. The van der Waals surface area contributed by atoms with Crippen molar-refractivity contribution in [2.24, 2.45) is 0 Å². The SMILES string of the molecule is Cc1ccccc1Cn1cc(/C=C2/C(=O)NC(=O)N(Cc3ccco3)C2=O)c2ccccc21. The highest BCUT2D eigenvalue weighted by Gasteiger charge is 2.36. The smallest absolute Gasteiger partial charge is 0.331 e. The third kappa shape index (κ3) is 3.85. The fraction of sp³-hybridized carbons (Fsp3) is 0.115. The fourth-order valence-corrected chi connectivity index (χ4v) is 4.04. The van der Waals surface area contributed by atoms with Gasteiger partial charge in [0, 0.05) is 29.2 Å². The van der Waals surface area contributed by atoms with E-state index in [0.29, 0.717) is 12.3 Å². The number of nitrogens with one attached hydrogen (secondary N) is 1. The number of urea groups is 1. The first-order valence-electron chi connectivity index (χ1n) is 10.5. The summed E-state index contributed by atoms with van der Waals surface area (Å²) >= 11 is 0. The Bertz CT molecular complexity index is 1410. The lowest BCUT2D eigenvalue weighted by molar-refractivity contribution is -0.130. The maximum atomic E-state index is 13.1. The molecule has 0 atom stereocenters. The number of rotatable bonds is 5. The lowest BCUT2D eigenvalue weighted by Gasteiger charge is -2.25. The number of furan rings is 1. The van der Waals surface area contributed by atoms with Gasteiger partial charge < -0.3 is 8.98 Å². The fourth-order valence-electron chi connectivity index (χ4n) is 4.04. The summed E-state index contributed by atoms with van der Waals surface area (Å²) in [7, 11) is 0. The van der Waals surface area contributed by atoms with Gasteiger partial charge in [0.2, 0.25) is 0 Å². The van der Waals surface area contributed by atoms with Crippen molar-refractivity contribution < 1.29 is 18.8 Å². The van der Waals surface area contributed by atoms with Crippen LogP contribution >= 0.6 is 0 Å². The van der Waals surface area contributed by atoms with Gasteiger partial charge in [0.1, 0.15) is 11.3 Å². The number of aryl methyl sites for hydroxylation is 1. The monoisotopic (exact) mass is 439 g/mol. The highest BCUT2D eigenvalue weighted by Crippen LogP contribution is 2.26. The molecule has 4 aromatic rings. The summed E-state index contributed by atoms with van der Waals surface area (Å²) < 4.78 is 7.36. The molecule has 33 heavy (non-hydrogen) atoms. The molecular formula is C26H21N3O4. The van der Waals surface area contributed by atoms with Crippen molar-refractivity contribution in [1.82, 2.24) is 14.8 Å². The number of para-hydroxylation sites is 1. The highest BCUT2D eigenvalue weighted by molar-refractivity contribution is 6.31. The van der Waals surface area contributed by atoms with Crippen LogP contribution in [0.1, 0.15) is 22.5 Å². The van der Waals surface area contributed by atoms with Gasteiger partial charge in [-0.2, -0.15) is 0 Å². The number of fused-ring (bicyclic) bond motifs is 1. The van der Waals surface area contributed by atoms with E-state index in [9.17, 15) is 14.4 Å². The second-order valence-corrected chi connectivity index (χ2v) is 7.94. The topological polar surface area (TPSA) is 84.6 Å². The molecule has 7 heteroatoms. The van der Waals surface area contributed by atoms with Crippen LogP contribution in [0.15, 0.2) is 83.1 Å². The van der Waals surface area contributed by atoms with Crippen molar-refractivity contribution in [2.75, 3.05) is 0 Å². The Kier molecular flexibility index (Phi) is 5.14. The first-order chi connectivity index (χ1) is 16.0. The molecule has 1 saturated heterocycles. The number of aromatic nitrogens is 1. The van der Waals surface area contributed by atoms with Crippen LogP contribution in [0.5, 0.6) is 0 Å². The number of imide groups is 2. The summed E-state index contributed by atoms with van der Waals surface area (Å²) in [5.41, 5.74) is 3.98. The van der Waals surface area contributed by atoms with Crippen molar-refractivity contribution in [3.63, 3.8) is 0 Å². The number of benzene rings is 2. The van der Waals surface area contributed by atoms with E-state index in [4.69, 9.17) is 4.42 Å². The Morgan fingerprint density at radius 3 is 2.52 bits per heavy atom. The molecule has 0 saturated carbocycles. The average molecular weight is 439 g/mol. The Balaban J connectivity index is 1.54. The Morgan fingerprint density at radius 1 is 0.939 bits per heavy atom. The molecule has 1 N–H and O–H groups in total. The second kappa shape index (κ2) is 8.27. The molecule has 3 heterocycles. The third-order valence-corrected chi connectivity index (χ3v) is 5.80. The molecule has 0 unspecified atom stereocenters. The minimum Gasteiger partial charge on any atom is -0.467 e. The molecule has 2 aromatic carbocycles. The van der Waals surface area contributed by atoms with E-state index in [1.807, 2.05) is 42.6 Å². The first kappa shape index (κ1) is 20.5. The molecule has 1 fully saturated rings. The molecule has 164 valence electrons. The molecule has 5 rings (SSSR count). The van der Waals surface area contributed by atoms with Crippen molar-refractivity contribution in [3.05, 3.63) is 101 Å². The lowest BCUT2D eigenvalue weighted by Crippen LogP contribution is -2.53. The molecule has 1 aliphatic heterocycles. The summed E-state index contributed by atoms with van der Waals surface area (Å²) in [6.45, 7) is 2.66. The number of nitrogens with zero attached hydrogens (tertiary/aromatic N) is 2. The minimum absolute atomic E-state index is 0.0582. The van der Waals surface area contributed by atoms with E-state index in [1.54, 1.807) is 18.2 Å². The normalized spacial score (nSPS) is 15.5. The number of amides is 4. The van der Waals surface area contributed by atoms with Gasteiger partial charge in [-0.25, -0.2) is 4.79 Å². The minimum atomic E-state index is -0.763. The van der Waals surface area contributed by atoms with E-state index >= 15 is 0 Å². The van der Waals surface area contributed by atoms with Crippen LogP contribution in [-0.4, -0.2) is 27.3 Å². The Hall–Kier alpha value is -4.39. The molecular weight excluding hydrogens is 418 g/mol. The molecule has 4 amide bonds. The Labute approximate surface area is 189 Å². The number of carbonyl (C=O) groups is 3. The van der Waals surface area contributed by atoms with Crippen molar-refractivity contribution in [2.45, 2.75) is 20.0 Å². The summed E-state index contributed by atoms with van der Waals surface area (Å²) in [6.07, 6.45) is 4.95. The number of carbonyl (C=O) groups excluding carboxylic acids is 3. The van der Waals surface area contributed by atoms with Gasteiger partial charge in [-0.3, -0.25) is 19.8 Å². The van der Waals surface area contributed by atoms with Gasteiger partial charge in [-0.15, -0.1) is 0 Å². The number of barbiturate groups is 1. The van der Waals surface area contributed by atoms with Gasteiger partial charge >= 0.3 is 6.03 Å². The maximum Gasteiger partial charge on any atom is 0.331 e. The van der Waals surface area contributed by atoms with Crippen LogP contribution in [0, 0.1) is 6.92 Å². The molecule has 1 aliphatic rings. The zero-order chi connectivity index (χ0) is 22.9. The molecule has 0 aliphatic carbocycles. The van der Waals surface area contributed by atoms with E-state index in [2.05, 4.69) is 28.9 Å². The van der Waals surface area contributed by atoms with Crippen LogP contribution in [0.25, 0.3) is 17.0 Å². The molecule has 2 aromatic heterocycles. The third-order valence-electron chi connectivity index (χ3n) is 5.80. The van der Waals surface area contributed by atoms with Gasteiger partial charge in [0.15, 0.2) is 0 Å². The van der Waals surface area contributed by atoms with Gasteiger partial charge in [-0.05, 0) is 42.3 Å². The summed E-state index contributed by atoms with van der Waals surface area (Å²) in [5, 5.41) is 3.17. The highest BCUT2D eigenvalue weighted by atomic mass is 16.3. The van der Waals surface area contributed by atoms with E-state index in [1.165, 1.54) is 17.4 Å². The number of hydrogen-bond donors (Lipinski definition) is 1. The van der Waals surface area contributed by atoms with E-state index in [-0.39, 0.29) is 12.1 Å². The predicted octanol–water partition coefficient (Wildman–Crippen LogP) is 4.25. The quantitative estimate of drug-likeness (QED) is 0.372. The average Bonchev–Trinajstić information content (AvgIpc) is 3.44. The van der Waals surface area contributed by atoms with E-state index < -0.39 is 17.8 Å². The largest absolute Gasteiger partial charge is 0.467 e. The van der Waals surface area contributed by atoms with Crippen LogP contribution < -0.4 is 5.32 Å². The van der Waals surface area contributed by atoms with Crippen molar-refractivity contribution >= 4 is 34.8 Å². The summed E-state index contributed by atoms with van der Waals surface area (Å²) in [6, 6.07) is 18.6. The van der Waals surface area contributed by atoms with Crippen LogP contribution in [0.4, 0.5) is 4.79 Å². The molecule has 0 bridgehead atoms. The van der Waals surface area contributed by atoms with Crippen molar-refractivity contribution in [1.29, 1.82) is 0 Å². The van der Waals surface area contributed by atoms with Gasteiger partial charge in [0.05, 0.1) is 12.8 Å². The van der Waals surface area contributed by atoms with Gasteiger partial charge in [0.25, 0.3) is 11.8 Å². The standard InChI is InChI=1S/C26H21N3O4/c1-17-7-2-3-8-18(17)14-28-15-19(21-10-4-5-11-23(21)28)13-22-24(30)27-26(32)29(25(22)31)16-20-9-6-12-33-20/h2-13,15H,14,16H2,1H3,(H,27,30,32)/b22-13-. The zero-order valence-corrected chi connectivity index (χ0v) is 17.9. The summed E-state index contributed by atoms with van der Waals surface area (Å²) in [5.74, 6) is -0.922. The maximum absolute atomic E-state index is 13.1. The van der Waals surface area contributed by atoms with E-state index in [0.717, 1.165) is 21.4 Å². The van der Waals surface area contributed by atoms with Crippen LogP contribution in [0.2, 0.25) is 0 Å². The lowest BCUT2D eigenvalue weighted by atomic mass is 10.1. The number of hydrogen-bond acceptors (Lipinski definition) is 4. The van der Waals surface area contributed by atoms with Crippen molar-refractivity contribution in [3.8, 4) is 0 Å². The van der Waals surface area contributed by atoms with Crippen LogP contribution in [-0.2, 0) is 22.7 Å². The Morgan fingerprint density at radius 2 is 1.73 bits per heavy atom. The first-order valence-corrected chi connectivity index (χ1v) is 10.5. The summed E-state index contributed by atoms with van der Waals surface area (Å²) in [4.78, 5) is 38.9. The zero-order valence-electron chi connectivity index (χ0n) is 17.9. The second-order valence-electron chi connectivity index (χ2n) is 7.94. The predicted molar refractivity (Wildman–Crippen MR) is 123 cm³/mol.